The van der Waals surface area contributed by atoms with Gasteiger partial charge < -0.3 is 5.11 Å². The minimum atomic E-state index is -0.758. The topological polar surface area (TPSA) is 40.5 Å². The first-order chi connectivity index (χ1) is 9.67. The number of unbranched alkanes of at least 4 members (excludes halogenated alkanes) is 2. The van der Waals surface area contributed by atoms with Crippen molar-refractivity contribution in [1.82, 2.24) is 4.90 Å². The highest BCUT2D eigenvalue weighted by Gasteiger charge is 2.10. The number of aliphatic carboxylic acids is 1. The Morgan fingerprint density at radius 3 is 2.10 bits per heavy atom. The number of benzene rings is 1. The number of carboxylic acid groups (broad SMARTS) is 1. The summed E-state index contributed by atoms with van der Waals surface area (Å²) >= 11 is 0. The quantitative estimate of drug-likeness (QED) is 0.708. The standard InChI is InChI=1S/C17H27NO2/c1-3-5-11-18(12-6-4-2)14-16-10-8-7-9-15(16)13-17(19)20/h7-10H,3-6,11-14H2,1-2H3,(H,19,20). The lowest BCUT2D eigenvalue weighted by atomic mass is 10.0. The number of carboxylic acids is 1. The van der Waals surface area contributed by atoms with E-state index in [1.165, 1.54) is 25.7 Å². The third kappa shape index (κ3) is 6.20. The number of nitrogens with zero attached hydrogens (tertiary/aromatic N) is 1. The summed E-state index contributed by atoms with van der Waals surface area (Å²) < 4.78 is 0. The molecule has 1 N–H and O–H groups in total. The molecule has 1 rings (SSSR count). The van der Waals surface area contributed by atoms with Gasteiger partial charge in [0.25, 0.3) is 0 Å². The van der Waals surface area contributed by atoms with Crippen LogP contribution in [0.4, 0.5) is 0 Å². The van der Waals surface area contributed by atoms with Crippen molar-refractivity contribution >= 4 is 5.97 Å². The molecule has 1 aromatic rings. The van der Waals surface area contributed by atoms with Gasteiger partial charge in [-0.1, -0.05) is 51.0 Å². The van der Waals surface area contributed by atoms with Crippen LogP contribution in [0.5, 0.6) is 0 Å². The number of carbonyl (C=O) groups is 1. The first-order valence-corrected chi connectivity index (χ1v) is 7.68. The van der Waals surface area contributed by atoms with Crippen LogP contribution in [0, 0.1) is 0 Å². The maximum atomic E-state index is 10.9. The summed E-state index contributed by atoms with van der Waals surface area (Å²) in [5.74, 6) is -0.758. The monoisotopic (exact) mass is 277 g/mol. The molecule has 0 unspecified atom stereocenters. The zero-order valence-corrected chi connectivity index (χ0v) is 12.8. The molecule has 0 aliphatic rings. The van der Waals surface area contributed by atoms with Crippen LogP contribution in [0.3, 0.4) is 0 Å². The maximum Gasteiger partial charge on any atom is 0.307 e. The molecule has 1 aromatic carbocycles. The minimum absolute atomic E-state index is 0.117. The van der Waals surface area contributed by atoms with Gasteiger partial charge in [-0.05, 0) is 37.1 Å². The molecule has 0 amide bonds. The third-order valence-corrected chi connectivity index (χ3v) is 3.51. The van der Waals surface area contributed by atoms with Gasteiger partial charge in [-0.15, -0.1) is 0 Å². The average molecular weight is 277 g/mol. The van der Waals surface area contributed by atoms with Gasteiger partial charge in [-0.3, -0.25) is 9.69 Å². The maximum absolute atomic E-state index is 10.9. The van der Waals surface area contributed by atoms with Crippen molar-refractivity contribution in [3.05, 3.63) is 35.4 Å². The van der Waals surface area contributed by atoms with Crippen molar-refractivity contribution in [1.29, 1.82) is 0 Å². The summed E-state index contributed by atoms with van der Waals surface area (Å²) in [7, 11) is 0. The predicted octanol–water partition coefficient (Wildman–Crippen LogP) is 3.72. The minimum Gasteiger partial charge on any atom is -0.481 e. The summed E-state index contributed by atoms with van der Waals surface area (Å²) in [6, 6.07) is 7.91. The molecular weight excluding hydrogens is 250 g/mol. The Morgan fingerprint density at radius 1 is 1.05 bits per heavy atom. The van der Waals surface area contributed by atoms with E-state index in [1.807, 2.05) is 18.2 Å². The molecule has 3 heteroatoms. The summed E-state index contributed by atoms with van der Waals surface area (Å²) in [4.78, 5) is 13.4. The Kier molecular flexibility index (Phi) is 7.97. The Hall–Kier alpha value is -1.35. The van der Waals surface area contributed by atoms with Gasteiger partial charge in [-0.25, -0.2) is 0 Å². The van der Waals surface area contributed by atoms with Gasteiger partial charge in [0.05, 0.1) is 6.42 Å². The van der Waals surface area contributed by atoms with Crippen LogP contribution in [0.2, 0.25) is 0 Å². The van der Waals surface area contributed by atoms with Gasteiger partial charge in [0.15, 0.2) is 0 Å². The molecule has 112 valence electrons. The second kappa shape index (κ2) is 9.54. The molecule has 0 aliphatic carbocycles. The van der Waals surface area contributed by atoms with Gasteiger partial charge >= 0.3 is 5.97 Å². The summed E-state index contributed by atoms with van der Waals surface area (Å²) in [5, 5.41) is 8.99. The second-order valence-corrected chi connectivity index (χ2v) is 5.32. The Morgan fingerprint density at radius 2 is 1.60 bits per heavy atom. The van der Waals surface area contributed by atoms with Crippen molar-refractivity contribution in [2.75, 3.05) is 13.1 Å². The molecule has 0 radical (unpaired) electrons. The zero-order valence-electron chi connectivity index (χ0n) is 12.8. The number of hydrogen-bond acceptors (Lipinski definition) is 2. The SMILES string of the molecule is CCCCN(CCCC)Cc1ccccc1CC(=O)O. The zero-order chi connectivity index (χ0) is 14.8. The first-order valence-electron chi connectivity index (χ1n) is 7.68. The molecule has 0 heterocycles. The van der Waals surface area contributed by atoms with Gasteiger partial charge in [0.1, 0.15) is 0 Å². The smallest absolute Gasteiger partial charge is 0.307 e. The van der Waals surface area contributed by atoms with Crippen molar-refractivity contribution in [2.24, 2.45) is 0 Å². The lowest BCUT2D eigenvalue weighted by Crippen LogP contribution is -2.26. The lowest BCUT2D eigenvalue weighted by Gasteiger charge is -2.23. The molecule has 0 saturated heterocycles. The normalized spacial score (nSPS) is 10.9. The Balaban J connectivity index is 2.72. The molecule has 3 nitrogen and oxygen atoms in total. The van der Waals surface area contributed by atoms with E-state index in [9.17, 15) is 4.79 Å². The van der Waals surface area contributed by atoms with Crippen LogP contribution >= 0.6 is 0 Å². The van der Waals surface area contributed by atoms with Gasteiger partial charge in [0.2, 0.25) is 0 Å². The highest BCUT2D eigenvalue weighted by atomic mass is 16.4. The molecule has 0 spiro atoms. The molecule has 0 saturated carbocycles. The highest BCUT2D eigenvalue weighted by molar-refractivity contribution is 5.70. The van der Waals surface area contributed by atoms with E-state index in [-0.39, 0.29) is 6.42 Å². The van der Waals surface area contributed by atoms with E-state index in [0.717, 1.165) is 30.8 Å². The van der Waals surface area contributed by atoms with Crippen LogP contribution in [-0.2, 0) is 17.8 Å². The third-order valence-electron chi connectivity index (χ3n) is 3.51. The Bertz CT molecular complexity index is 396. The van der Waals surface area contributed by atoms with Crippen molar-refractivity contribution in [3.8, 4) is 0 Å². The average Bonchev–Trinajstić information content (AvgIpc) is 2.43. The van der Waals surface area contributed by atoms with Crippen LogP contribution in [0.1, 0.15) is 50.7 Å². The molecule has 20 heavy (non-hydrogen) atoms. The van der Waals surface area contributed by atoms with E-state index < -0.39 is 5.97 Å². The van der Waals surface area contributed by atoms with Gasteiger partial charge in [0, 0.05) is 6.54 Å². The highest BCUT2D eigenvalue weighted by Crippen LogP contribution is 2.14. The summed E-state index contributed by atoms with van der Waals surface area (Å²) in [6.45, 7) is 7.46. The fourth-order valence-corrected chi connectivity index (χ4v) is 2.32. The molecule has 0 aromatic heterocycles. The fraction of sp³-hybridized carbons (Fsp3) is 0.588. The molecule has 0 atom stereocenters. The van der Waals surface area contributed by atoms with Crippen LogP contribution in [0.25, 0.3) is 0 Å². The van der Waals surface area contributed by atoms with E-state index >= 15 is 0 Å². The lowest BCUT2D eigenvalue weighted by molar-refractivity contribution is -0.136. The largest absolute Gasteiger partial charge is 0.481 e. The van der Waals surface area contributed by atoms with Gasteiger partial charge in [-0.2, -0.15) is 0 Å². The van der Waals surface area contributed by atoms with E-state index in [4.69, 9.17) is 5.11 Å². The molecule has 0 bridgehead atoms. The van der Waals surface area contributed by atoms with E-state index in [0.29, 0.717) is 0 Å². The molecule has 0 aliphatic heterocycles. The van der Waals surface area contributed by atoms with Crippen LogP contribution in [-0.4, -0.2) is 29.1 Å². The number of hydrogen-bond donors (Lipinski definition) is 1. The second-order valence-electron chi connectivity index (χ2n) is 5.32. The predicted molar refractivity (Wildman–Crippen MR) is 82.9 cm³/mol. The van der Waals surface area contributed by atoms with E-state index in [1.54, 1.807) is 0 Å². The van der Waals surface area contributed by atoms with Crippen molar-refractivity contribution < 1.29 is 9.90 Å². The fourth-order valence-electron chi connectivity index (χ4n) is 2.32. The van der Waals surface area contributed by atoms with E-state index in [2.05, 4.69) is 24.8 Å². The van der Waals surface area contributed by atoms with Crippen molar-refractivity contribution in [2.45, 2.75) is 52.5 Å². The van der Waals surface area contributed by atoms with Crippen LogP contribution in [0.15, 0.2) is 24.3 Å². The number of rotatable bonds is 10. The first kappa shape index (κ1) is 16.7. The molecular formula is C17H27NO2. The molecule has 0 fully saturated rings. The summed E-state index contributed by atoms with van der Waals surface area (Å²) in [6.07, 6.45) is 4.90. The summed E-state index contributed by atoms with van der Waals surface area (Å²) in [5.41, 5.74) is 2.10. The van der Waals surface area contributed by atoms with Crippen LogP contribution < -0.4 is 0 Å². The Labute approximate surface area is 122 Å². The van der Waals surface area contributed by atoms with Crippen molar-refractivity contribution in [3.63, 3.8) is 0 Å².